The third-order valence-corrected chi connectivity index (χ3v) is 5.27. The maximum atomic E-state index is 5.49. The number of nitrogens with one attached hydrogen (secondary N) is 2. The molecule has 2 heterocycles. The molecule has 0 spiro atoms. The van der Waals surface area contributed by atoms with E-state index in [1.807, 2.05) is 18.4 Å². The van der Waals surface area contributed by atoms with Gasteiger partial charge in [0.25, 0.3) is 0 Å². The van der Waals surface area contributed by atoms with E-state index in [1.165, 1.54) is 17.7 Å². The first-order valence-corrected chi connectivity index (χ1v) is 9.04. The van der Waals surface area contributed by atoms with E-state index >= 15 is 0 Å². The molecule has 1 aromatic rings. The number of thiophene rings is 1. The van der Waals surface area contributed by atoms with Crippen LogP contribution in [-0.2, 0) is 4.74 Å². The molecular weight excluding hydrogens is 296 g/mol. The molecular formula is C16H26N4OS. The van der Waals surface area contributed by atoms with Crippen LogP contribution in [0.25, 0.3) is 0 Å². The standard InChI is InChI=1S/C16H26N4OS/c1-17-16(18-11-13-4-5-13)19-12-14(15-3-2-10-22-15)20-6-8-21-9-7-20/h2-3,10,13-14H,4-9,11-12H2,1H3,(H2,17,18,19). The van der Waals surface area contributed by atoms with Crippen molar-refractivity contribution in [2.24, 2.45) is 10.9 Å². The van der Waals surface area contributed by atoms with Gasteiger partial charge in [-0.25, -0.2) is 0 Å². The van der Waals surface area contributed by atoms with E-state index in [0.717, 1.165) is 51.3 Å². The summed E-state index contributed by atoms with van der Waals surface area (Å²) in [6, 6.07) is 4.75. The number of morpholine rings is 1. The van der Waals surface area contributed by atoms with Crippen LogP contribution in [0.4, 0.5) is 0 Å². The van der Waals surface area contributed by atoms with Crippen LogP contribution in [0.2, 0.25) is 0 Å². The van der Waals surface area contributed by atoms with E-state index in [1.54, 1.807) is 0 Å². The van der Waals surface area contributed by atoms with Crippen molar-refractivity contribution in [1.29, 1.82) is 0 Å². The summed E-state index contributed by atoms with van der Waals surface area (Å²) in [5.41, 5.74) is 0. The molecule has 0 amide bonds. The fourth-order valence-corrected chi connectivity index (χ4v) is 3.62. The molecule has 2 N–H and O–H groups in total. The van der Waals surface area contributed by atoms with E-state index in [2.05, 4.69) is 38.0 Å². The fourth-order valence-electron chi connectivity index (χ4n) is 2.76. The Morgan fingerprint density at radius 2 is 2.23 bits per heavy atom. The Bertz CT molecular complexity index is 467. The summed E-state index contributed by atoms with van der Waals surface area (Å²) in [7, 11) is 1.84. The summed E-state index contributed by atoms with van der Waals surface area (Å²) in [5, 5.41) is 9.09. The van der Waals surface area contributed by atoms with E-state index in [9.17, 15) is 0 Å². The Morgan fingerprint density at radius 1 is 1.41 bits per heavy atom. The fraction of sp³-hybridized carbons (Fsp3) is 0.688. The first-order valence-electron chi connectivity index (χ1n) is 8.16. The van der Waals surface area contributed by atoms with E-state index < -0.39 is 0 Å². The van der Waals surface area contributed by atoms with Gasteiger partial charge in [-0.1, -0.05) is 6.07 Å². The van der Waals surface area contributed by atoms with Gasteiger partial charge >= 0.3 is 0 Å². The topological polar surface area (TPSA) is 48.9 Å². The van der Waals surface area contributed by atoms with Crippen molar-refractivity contribution in [2.45, 2.75) is 18.9 Å². The highest BCUT2D eigenvalue weighted by atomic mass is 32.1. The Morgan fingerprint density at radius 3 is 2.86 bits per heavy atom. The van der Waals surface area contributed by atoms with Gasteiger partial charge in [-0.05, 0) is 30.2 Å². The SMILES string of the molecule is CN=C(NCC1CC1)NCC(c1cccs1)N1CCOCC1. The molecule has 1 saturated heterocycles. The molecule has 1 aromatic heterocycles. The molecule has 0 radical (unpaired) electrons. The summed E-state index contributed by atoms with van der Waals surface area (Å²) in [5.74, 6) is 1.77. The molecule has 2 aliphatic rings. The Balaban J connectivity index is 1.56. The highest BCUT2D eigenvalue weighted by molar-refractivity contribution is 7.10. The largest absolute Gasteiger partial charge is 0.379 e. The van der Waals surface area contributed by atoms with Crippen LogP contribution in [0.1, 0.15) is 23.8 Å². The van der Waals surface area contributed by atoms with Crippen molar-refractivity contribution < 1.29 is 4.74 Å². The summed E-state index contributed by atoms with van der Waals surface area (Å²) in [6.07, 6.45) is 2.71. The molecule has 1 unspecified atom stereocenters. The number of rotatable bonds is 6. The van der Waals surface area contributed by atoms with Gasteiger partial charge in [-0.15, -0.1) is 11.3 Å². The summed E-state index contributed by atoms with van der Waals surface area (Å²) < 4.78 is 5.49. The number of guanidine groups is 1. The Labute approximate surface area is 136 Å². The lowest BCUT2D eigenvalue weighted by Gasteiger charge is -2.34. The van der Waals surface area contributed by atoms with Gasteiger partial charge in [0.1, 0.15) is 0 Å². The van der Waals surface area contributed by atoms with Crippen LogP contribution in [-0.4, -0.2) is 57.3 Å². The van der Waals surface area contributed by atoms with E-state index in [4.69, 9.17) is 4.74 Å². The quantitative estimate of drug-likeness (QED) is 0.618. The van der Waals surface area contributed by atoms with Crippen molar-refractivity contribution in [3.63, 3.8) is 0 Å². The smallest absolute Gasteiger partial charge is 0.191 e. The monoisotopic (exact) mass is 322 g/mol. The molecule has 0 bridgehead atoms. The van der Waals surface area contributed by atoms with E-state index in [0.29, 0.717) is 6.04 Å². The molecule has 5 nitrogen and oxygen atoms in total. The Kier molecular flexibility index (Phi) is 5.70. The van der Waals surface area contributed by atoms with Gasteiger partial charge in [0.15, 0.2) is 5.96 Å². The predicted octanol–water partition coefficient (Wildman–Crippen LogP) is 1.70. The molecule has 22 heavy (non-hydrogen) atoms. The van der Waals surface area contributed by atoms with Crippen LogP contribution in [0.5, 0.6) is 0 Å². The highest BCUT2D eigenvalue weighted by Crippen LogP contribution is 2.27. The molecule has 122 valence electrons. The van der Waals surface area contributed by atoms with Crippen LogP contribution in [0.3, 0.4) is 0 Å². The van der Waals surface area contributed by atoms with Gasteiger partial charge in [0.05, 0.1) is 19.3 Å². The van der Waals surface area contributed by atoms with Gasteiger partial charge in [0.2, 0.25) is 0 Å². The van der Waals surface area contributed by atoms with Crippen LogP contribution in [0, 0.1) is 5.92 Å². The zero-order valence-electron chi connectivity index (χ0n) is 13.3. The molecule has 3 rings (SSSR count). The third kappa shape index (κ3) is 4.44. The first kappa shape index (κ1) is 15.8. The lowest BCUT2D eigenvalue weighted by atomic mass is 10.2. The first-order chi connectivity index (χ1) is 10.9. The van der Waals surface area contributed by atoms with Crippen molar-refractivity contribution in [1.82, 2.24) is 15.5 Å². The van der Waals surface area contributed by atoms with Crippen molar-refractivity contribution in [3.8, 4) is 0 Å². The number of hydrogen-bond acceptors (Lipinski definition) is 4. The number of aliphatic imine (C=N–C) groups is 1. The summed E-state index contributed by atoms with van der Waals surface area (Å²) in [4.78, 5) is 8.26. The minimum absolute atomic E-state index is 0.392. The van der Waals surface area contributed by atoms with Crippen LogP contribution < -0.4 is 10.6 Å². The lowest BCUT2D eigenvalue weighted by molar-refractivity contribution is 0.0177. The van der Waals surface area contributed by atoms with Gasteiger partial charge < -0.3 is 15.4 Å². The molecule has 6 heteroatoms. The third-order valence-electron chi connectivity index (χ3n) is 4.30. The zero-order chi connectivity index (χ0) is 15.2. The summed E-state index contributed by atoms with van der Waals surface area (Å²) >= 11 is 1.83. The minimum Gasteiger partial charge on any atom is -0.379 e. The second-order valence-corrected chi connectivity index (χ2v) is 6.94. The number of nitrogens with zero attached hydrogens (tertiary/aromatic N) is 2. The van der Waals surface area contributed by atoms with E-state index in [-0.39, 0.29) is 0 Å². The predicted molar refractivity (Wildman–Crippen MR) is 91.5 cm³/mol. The second kappa shape index (κ2) is 7.94. The zero-order valence-corrected chi connectivity index (χ0v) is 14.1. The molecule has 1 atom stereocenters. The maximum Gasteiger partial charge on any atom is 0.191 e. The minimum atomic E-state index is 0.392. The second-order valence-electron chi connectivity index (χ2n) is 5.96. The molecule has 1 saturated carbocycles. The van der Waals surface area contributed by atoms with Gasteiger partial charge in [-0.2, -0.15) is 0 Å². The normalized spacial score (nSPS) is 21.6. The van der Waals surface area contributed by atoms with Crippen molar-refractivity contribution in [3.05, 3.63) is 22.4 Å². The van der Waals surface area contributed by atoms with Crippen LogP contribution >= 0.6 is 11.3 Å². The molecule has 1 aliphatic heterocycles. The number of ether oxygens (including phenoxy) is 1. The summed E-state index contributed by atoms with van der Waals surface area (Å²) in [6.45, 7) is 5.58. The number of hydrogen-bond donors (Lipinski definition) is 2. The maximum absolute atomic E-state index is 5.49. The van der Waals surface area contributed by atoms with Gasteiger partial charge in [-0.3, -0.25) is 9.89 Å². The molecule has 1 aliphatic carbocycles. The highest BCUT2D eigenvalue weighted by Gasteiger charge is 2.24. The lowest BCUT2D eigenvalue weighted by Crippen LogP contribution is -2.46. The van der Waals surface area contributed by atoms with Crippen molar-refractivity contribution >= 4 is 17.3 Å². The van der Waals surface area contributed by atoms with Gasteiger partial charge in [0, 0.05) is 38.1 Å². The van der Waals surface area contributed by atoms with Crippen molar-refractivity contribution in [2.75, 3.05) is 46.4 Å². The molecule has 2 fully saturated rings. The Hall–Kier alpha value is -1.11. The molecule has 0 aromatic carbocycles. The van der Waals surface area contributed by atoms with Crippen LogP contribution in [0.15, 0.2) is 22.5 Å². The average molecular weight is 322 g/mol. The average Bonchev–Trinajstić information content (AvgIpc) is 3.24.